The van der Waals surface area contributed by atoms with Gasteiger partial charge in [0.15, 0.2) is 6.21 Å². The van der Waals surface area contributed by atoms with Gasteiger partial charge in [0.1, 0.15) is 5.82 Å². The van der Waals surface area contributed by atoms with Gasteiger partial charge in [0.05, 0.1) is 17.7 Å². The van der Waals surface area contributed by atoms with E-state index in [0.29, 0.717) is 16.0 Å². The minimum absolute atomic E-state index is 0.196. The molecule has 0 spiro atoms. The third-order valence-corrected chi connectivity index (χ3v) is 2.79. The predicted molar refractivity (Wildman–Crippen MR) is 77.3 cm³/mol. The Labute approximate surface area is 121 Å². The van der Waals surface area contributed by atoms with Gasteiger partial charge in [-0.2, -0.15) is 4.74 Å². The highest BCUT2D eigenvalue weighted by Crippen LogP contribution is 2.14. The molecule has 0 N–H and O–H groups in total. The van der Waals surface area contributed by atoms with Gasteiger partial charge in [-0.3, -0.25) is 0 Å². The Kier molecular flexibility index (Phi) is 4.66. The molecule has 0 fully saturated rings. The summed E-state index contributed by atoms with van der Waals surface area (Å²) in [7, 11) is 0. The molecule has 0 amide bonds. The van der Waals surface area contributed by atoms with Crippen LogP contribution in [0.15, 0.2) is 48.5 Å². The Balaban J connectivity index is 2.22. The monoisotopic (exact) mass is 287 g/mol. The van der Waals surface area contributed by atoms with Crippen LogP contribution in [0, 0.1) is 11.0 Å². The van der Waals surface area contributed by atoms with Gasteiger partial charge in [-0.15, -0.1) is 0 Å². The lowest BCUT2D eigenvalue weighted by Gasteiger charge is -2.05. The molecule has 0 radical (unpaired) electrons. The van der Waals surface area contributed by atoms with Crippen LogP contribution < -0.4 is 0 Å². The highest BCUT2D eigenvalue weighted by atomic mass is 19.1. The average molecular weight is 287 g/mol. The van der Waals surface area contributed by atoms with Crippen LogP contribution in [0.4, 0.5) is 10.1 Å². The summed E-state index contributed by atoms with van der Waals surface area (Å²) in [6.45, 7) is 2.00. The molecule has 21 heavy (non-hydrogen) atoms. The van der Waals surface area contributed by atoms with Crippen molar-refractivity contribution in [1.29, 1.82) is 0 Å². The molecule has 2 aromatic carbocycles. The van der Waals surface area contributed by atoms with Crippen molar-refractivity contribution in [1.82, 2.24) is 0 Å². The number of carbonyl (C=O) groups excluding carboxylic acids is 1. The van der Waals surface area contributed by atoms with Gasteiger partial charge in [-0.05, 0) is 31.2 Å². The van der Waals surface area contributed by atoms with E-state index in [2.05, 4.69) is 0 Å². The maximum atomic E-state index is 13.5. The van der Waals surface area contributed by atoms with E-state index >= 15 is 0 Å². The van der Waals surface area contributed by atoms with Crippen LogP contribution in [0.1, 0.15) is 22.8 Å². The first-order valence-electron chi connectivity index (χ1n) is 6.44. The van der Waals surface area contributed by atoms with Crippen LogP contribution in [0.2, 0.25) is 0 Å². The maximum Gasteiger partial charge on any atom is 0.338 e. The van der Waals surface area contributed by atoms with E-state index in [-0.39, 0.29) is 12.2 Å². The van der Waals surface area contributed by atoms with E-state index in [9.17, 15) is 14.4 Å². The molecule has 0 aliphatic rings. The smallest absolute Gasteiger partial charge is 0.338 e. The minimum atomic E-state index is -0.471. The summed E-state index contributed by atoms with van der Waals surface area (Å²) in [5.41, 5.74) is 0.855. The van der Waals surface area contributed by atoms with Crippen molar-refractivity contribution in [2.75, 3.05) is 6.61 Å². The molecule has 0 aromatic heterocycles. The van der Waals surface area contributed by atoms with Crippen LogP contribution in [-0.4, -0.2) is 23.5 Å². The van der Waals surface area contributed by atoms with Gasteiger partial charge in [-0.25, -0.2) is 9.18 Å². The zero-order valence-electron chi connectivity index (χ0n) is 11.5. The normalized spacial score (nSPS) is 11.2. The van der Waals surface area contributed by atoms with E-state index < -0.39 is 11.8 Å². The molecule has 0 aliphatic heterocycles. The Morgan fingerprint density at radius 3 is 2.52 bits per heavy atom. The summed E-state index contributed by atoms with van der Waals surface area (Å²) in [6, 6.07) is 11.9. The van der Waals surface area contributed by atoms with Gasteiger partial charge in [0.2, 0.25) is 5.69 Å². The molecule has 0 saturated heterocycles. The number of ether oxygens (including phenoxy) is 1. The third-order valence-electron chi connectivity index (χ3n) is 2.79. The standard InChI is InChI=1S/C16H14FNO3/c1-2-21-16(19)12-7-9-14(10-8-12)18(20)11-13-5-3-4-6-15(13)17/h3-11H,2H2,1H3/b18-11-. The number of hydrogen-bond donors (Lipinski definition) is 0. The number of rotatable bonds is 4. The molecule has 0 unspecified atom stereocenters. The third kappa shape index (κ3) is 3.66. The zero-order valence-corrected chi connectivity index (χ0v) is 11.5. The van der Waals surface area contributed by atoms with E-state index in [0.717, 1.165) is 6.21 Å². The first-order valence-corrected chi connectivity index (χ1v) is 6.44. The molecule has 5 heteroatoms. The van der Waals surface area contributed by atoms with Gasteiger partial charge in [-0.1, -0.05) is 12.1 Å². The number of hydrogen-bond acceptors (Lipinski definition) is 3. The van der Waals surface area contributed by atoms with Crippen LogP contribution in [0.3, 0.4) is 0 Å². The van der Waals surface area contributed by atoms with Gasteiger partial charge < -0.3 is 9.94 Å². The van der Waals surface area contributed by atoms with E-state index in [4.69, 9.17) is 4.74 Å². The molecule has 2 aromatic rings. The second-order valence-electron chi connectivity index (χ2n) is 4.24. The van der Waals surface area contributed by atoms with Crippen LogP contribution in [0.5, 0.6) is 0 Å². The number of benzene rings is 2. The summed E-state index contributed by atoms with van der Waals surface area (Å²) in [4.78, 5) is 11.5. The fourth-order valence-corrected chi connectivity index (χ4v) is 1.74. The molecule has 2 rings (SSSR count). The lowest BCUT2D eigenvalue weighted by Crippen LogP contribution is -2.05. The summed E-state index contributed by atoms with van der Waals surface area (Å²) in [5.74, 6) is -0.916. The largest absolute Gasteiger partial charge is 0.618 e. The summed E-state index contributed by atoms with van der Waals surface area (Å²) in [6.07, 6.45) is 1.15. The average Bonchev–Trinajstić information content (AvgIpc) is 2.50. The molecular weight excluding hydrogens is 273 g/mol. The van der Waals surface area contributed by atoms with Gasteiger partial charge in [0.25, 0.3) is 0 Å². The fourth-order valence-electron chi connectivity index (χ4n) is 1.74. The Morgan fingerprint density at radius 1 is 1.24 bits per heavy atom. The summed E-state index contributed by atoms with van der Waals surface area (Å²) < 4.78 is 18.9. The molecule has 4 nitrogen and oxygen atoms in total. The highest BCUT2D eigenvalue weighted by molar-refractivity contribution is 5.89. The van der Waals surface area contributed by atoms with Crippen molar-refractivity contribution in [2.45, 2.75) is 6.92 Å². The van der Waals surface area contributed by atoms with Crippen LogP contribution in [-0.2, 0) is 4.74 Å². The van der Waals surface area contributed by atoms with Crippen molar-refractivity contribution >= 4 is 17.9 Å². The van der Waals surface area contributed by atoms with E-state index in [1.54, 1.807) is 19.1 Å². The van der Waals surface area contributed by atoms with Crippen molar-refractivity contribution in [3.8, 4) is 0 Å². The quantitative estimate of drug-likeness (QED) is 0.285. The van der Waals surface area contributed by atoms with Gasteiger partial charge >= 0.3 is 5.97 Å². The Bertz CT molecular complexity index is 665. The summed E-state index contributed by atoms with van der Waals surface area (Å²) >= 11 is 0. The lowest BCUT2D eigenvalue weighted by molar-refractivity contribution is -0.354. The lowest BCUT2D eigenvalue weighted by atomic mass is 10.2. The molecule has 0 bridgehead atoms. The minimum Gasteiger partial charge on any atom is -0.618 e. The topological polar surface area (TPSA) is 52.4 Å². The molecular formula is C16H14FNO3. The first kappa shape index (κ1) is 14.7. The second-order valence-corrected chi connectivity index (χ2v) is 4.24. The van der Waals surface area contributed by atoms with Crippen molar-refractivity contribution in [3.63, 3.8) is 0 Å². The summed E-state index contributed by atoms with van der Waals surface area (Å²) in [5, 5.41) is 12.0. The zero-order chi connectivity index (χ0) is 15.2. The number of halogens is 1. The highest BCUT2D eigenvalue weighted by Gasteiger charge is 2.09. The molecule has 0 atom stereocenters. The number of nitrogens with zero attached hydrogens (tertiary/aromatic N) is 1. The van der Waals surface area contributed by atoms with Crippen molar-refractivity contribution in [2.24, 2.45) is 0 Å². The number of esters is 1. The SMILES string of the molecule is CCOC(=O)c1ccc(/[N+]([O-])=C/c2ccccc2F)cc1. The van der Waals surface area contributed by atoms with Gasteiger partial charge in [0, 0.05) is 12.1 Å². The van der Waals surface area contributed by atoms with Crippen LogP contribution >= 0.6 is 0 Å². The molecule has 0 saturated carbocycles. The number of carbonyl (C=O) groups is 1. The van der Waals surface area contributed by atoms with Crippen molar-refractivity contribution < 1.29 is 18.7 Å². The predicted octanol–water partition coefficient (Wildman–Crippen LogP) is 3.26. The van der Waals surface area contributed by atoms with Crippen molar-refractivity contribution in [3.05, 3.63) is 70.7 Å². The molecule has 108 valence electrons. The maximum absolute atomic E-state index is 13.5. The van der Waals surface area contributed by atoms with E-state index in [1.165, 1.54) is 36.4 Å². The Morgan fingerprint density at radius 2 is 1.90 bits per heavy atom. The molecule has 0 aliphatic carbocycles. The second kappa shape index (κ2) is 6.65. The van der Waals surface area contributed by atoms with Crippen LogP contribution in [0.25, 0.3) is 0 Å². The molecule has 0 heterocycles. The fraction of sp³-hybridized carbons (Fsp3) is 0.125. The van der Waals surface area contributed by atoms with E-state index in [1.807, 2.05) is 0 Å². The Hall–Kier alpha value is -2.69. The first-order chi connectivity index (χ1) is 10.1.